The summed E-state index contributed by atoms with van der Waals surface area (Å²) in [5.74, 6) is 0.722. The molecule has 1 heteroatoms. The Labute approximate surface area is 69.1 Å². The first kappa shape index (κ1) is 8.79. The topological polar surface area (TPSA) is 20.2 Å². The van der Waals surface area contributed by atoms with Gasteiger partial charge in [-0.05, 0) is 45.4 Å². The molecule has 0 aromatic carbocycles. The first-order valence-corrected chi connectivity index (χ1v) is 4.49. The van der Waals surface area contributed by atoms with E-state index in [1.807, 2.05) is 6.92 Å². The lowest BCUT2D eigenvalue weighted by Crippen LogP contribution is -2.29. The molecule has 1 N–H and O–H groups in total. The van der Waals surface area contributed by atoms with Gasteiger partial charge in [0.2, 0.25) is 0 Å². The normalized spacial score (nSPS) is 39.7. The molecule has 1 aliphatic carbocycles. The van der Waals surface area contributed by atoms with Crippen molar-refractivity contribution in [3.05, 3.63) is 12.2 Å². The van der Waals surface area contributed by atoms with Crippen LogP contribution in [0.4, 0.5) is 0 Å². The Kier molecular flexibility index (Phi) is 2.72. The van der Waals surface area contributed by atoms with E-state index in [-0.39, 0.29) is 5.60 Å². The van der Waals surface area contributed by atoms with Gasteiger partial charge in [0.1, 0.15) is 0 Å². The molecule has 1 rings (SSSR count). The van der Waals surface area contributed by atoms with Crippen molar-refractivity contribution in [3.63, 3.8) is 0 Å². The quantitative estimate of drug-likeness (QED) is 0.575. The van der Waals surface area contributed by atoms with Gasteiger partial charge in [-0.15, -0.1) is 0 Å². The maximum absolute atomic E-state index is 9.64. The second kappa shape index (κ2) is 3.40. The number of hydrogen-bond acceptors (Lipinski definition) is 1. The molecule has 0 bridgehead atoms. The first-order chi connectivity index (χ1) is 5.14. The molecule has 1 saturated carbocycles. The molecule has 0 spiro atoms. The predicted octanol–water partition coefficient (Wildman–Crippen LogP) is 2.50. The first-order valence-electron chi connectivity index (χ1n) is 4.49. The zero-order valence-corrected chi connectivity index (χ0v) is 7.51. The third kappa shape index (κ3) is 2.66. The lowest BCUT2D eigenvalue weighted by Gasteiger charge is -2.31. The van der Waals surface area contributed by atoms with Crippen molar-refractivity contribution in [2.45, 2.75) is 45.1 Å². The van der Waals surface area contributed by atoms with Gasteiger partial charge in [0.05, 0.1) is 5.60 Å². The minimum absolute atomic E-state index is 0.377. The molecule has 0 amide bonds. The molecule has 0 unspecified atom stereocenters. The van der Waals surface area contributed by atoms with Crippen molar-refractivity contribution in [3.8, 4) is 0 Å². The Bertz CT molecular complexity index is 137. The second-order valence-electron chi connectivity index (χ2n) is 3.86. The molecule has 1 nitrogen and oxygen atoms in total. The third-order valence-corrected chi connectivity index (χ3v) is 2.57. The van der Waals surface area contributed by atoms with E-state index in [4.69, 9.17) is 0 Å². The Morgan fingerprint density at radius 2 is 1.91 bits per heavy atom. The van der Waals surface area contributed by atoms with Crippen molar-refractivity contribution >= 4 is 0 Å². The Morgan fingerprint density at radius 3 is 2.36 bits per heavy atom. The maximum atomic E-state index is 9.64. The third-order valence-electron chi connectivity index (χ3n) is 2.57. The van der Waals surface area contributed by atoms with Crippen molar-refractivity contribution in [2.75, 3.05) is 0 Å². The molecule has 1 fully saturated rings. The van der Waals surface area contributed by atoms with Crippen LogP contribution in [0.25, 0.3) is 0 Å². The minimum atomic E-state index is -0.377. The van der Waals surface area contributed by atoms with Crippen LogP contribution in [0.2, 0.25) is 0 Å². The summed E-state index contributed by atoms with van der Waals surface area (Å²) in [5, 5.41) is 9.64. The van der Waals surface area contributed by atoms with E-state index in [0.29, 0.717) is 0 Å². The summed E-state index contributed by atoms with van der Waals surface area (Å²) >= 11 is 0. The minimum Gasteiger partial charge on any atom is -0.390 e. The highest BCUT2D eigenvalue weighted by Crippen LogP contribution is 2.31. The molecule has 0 saturated heterocycles. The standard InChI is InChI=1S/C10H18O/c1-3-4-9-5-7-10(2,11)8-6-9/h3-4,9,11H,5-8H2,1-2H3. The van der Waals surface area contributed by atoms with Crippen LogP contribution >= 0.6 is 0 Å². The average molecular weight is 154 g/mol. The zero-order chi connectivity index (χ0) is 8.32. The van der Waals surface area contributed by atoms with E-state index in [2.05, 4.69) is 19.1 Å². The van der Waals surface area contributed by atoms with Crippen molar-refractivity contribution in [1.29, 1.82) is 0 Å². The van der Waals surface area contributed by atoms with Crippen LogP contribution in [0.3, 0.4) is 0 Å². The number of allylic oxidation sites excluding steroid dienone is 2. The fourth-order valence-electron chi connectivity index (χ4n) is 1.73. The summed E-state index contributed by atoms with van der Waals surface area (Å²) in [4.78, 5) is 0. The van der Waals surface area contributed by atoms with Crippen molar-refractivity contribution in [2.24, 2.45) is 5.92 Å². The van der Waals surface area contributed by atoms with Gasteiger partial charge in [0, 0.05) is 0 Å². The van der Waals surface area contributed by atoms with Crippen LogP contribution in [0.15, 0.2) is 12.2 Å². The van der Waals surface area contributed by atoms with Crippen LogP contribution in [0.5, 0.6) is 0 Å². The molecule has 0 aromatic rings. The van der Waals surface area contributed by atoms with Gasteiger partial charge < -0.3 is 5.11 Å². The van der Waals surface area contributed by atoms with E-state index in [1.54, 1.807) is 0 Å². The Morgan fingerprint density at radius 1 is 1.36 bits per heavy atom. The highest BCUT2D eigenvalue weighted by Gasteiger charge is 2.26. The summed E-state index contributed by atoms with van der Waals surface area (Å²) in [6.45, 7) is 4.01. The van der Waals surface area contributed by atoms with Gasteiger partial charge in [0.15, 0.2) is 0 Å². The molecule has 11 heavy (non-hydrogen) atoms. The van der Waals surface area contributed by atoms with Gasteiger partial charge in [-0.3, -0.25) is 0 Å². The highest BCUT2D eigenvalue weighted by atomic mass is 16.3. The van der Waals surface area contributed by atoms with Crippen molar-refractivity contribution < 1.29 is 5.11 Å². The zero-order valence-electron chi connectivity index (χ0n) is 7.51. The van der Waals surface area contributed by atoms with E-state index in [9.17, 15) is 5.11 Å². The smallest absolute Gasteiger partial charge is 0.0620 e. The molecule has 0 aliphatic heterocycles. The monoisotopic (exact) mass is 154 g/mol. The van der Waals surface area contributed by atoms with Gasteiger partial charge in [-0.2, -0.15) is 0 Å². The van der Waals surface area contributed by atoms with E-state index < -0.39 is 0 Å². The lowest BCUT2D eigenvalue weighted by molar-refractivity contribution is 0.0138. The number of rotatable bonds is 1. The van der Waals surface area contributed by atoms with Crippen LogP contribution in [-0.4, -0.2) is 10.7 Å². The summed E-state index contributed by atoms with van der Waals surface area (Å²) in [5.41, 5.74) is -0.377. The molecular weight excluding hydrogens is 136 g/mol. The maximum Gasteiger partial charge on any atom is 0.0620 e. The average Bonchev–Trinajstić information content (AvgIpc) is 1.94. The van der Waals surface area contributed by atoms with Gasteiger partial charge in [0.25, 0.3) is 0 Å². The molecule has 0 atom stereocenters. The van der Waals surface area contributed by atoms with E-state index in [0.717, 1.165) is 31.6 Å². The predicted molar refractivity (Wildman–Crippen MR) is 47.4 cm³/mol. The molecular formula is C10H18O. The molecule has 0 heterocycles. The van der Waals surface area contributed by atoms with E-state index in [1.165, 1.54) is 0 Å². The van der Waals surface area contributed by atoms with Gasteiger partial charge >= 0.3 is 0 Å². The largest absolute Gasteiger partial charge is 0.390 e. The Hall–Kier alpha value is -0.300. The van der Waals surface area contributed by atoms with Crippen LogP contribution < -0.4 is 0 Å². The number of aliphatic hydroxyl groups is 1. The van der Waals surface area contributed by atoms with E-state index >= 15 is 0 Å². The molecule has 1 aliphatic rings. The summed E-state index contributed by atoms with van der Waals surface area (Å²) in [6.07, 6.45) is 8.60. The summed E-state index contributed by atoms with van der Waals surface area (Å²) < 4.78 is 0. The van der Waals surface area contributed by atoms with Gasteiger partial charge in [-0.1, -0.05) is 12.2 Å². The number of hydrogen-bond donors (Lipinski definition) is 1. The van der Waals surface area contributed by atoms with Crippen LogP contribution in [0.1, 0.15) is 39.5 Å². The van der Waals surface area contributed by atoms with Gasteiger partial charge in [-0.25, -0.2) is 0 Å². The highest BCUT2D eigenvalue weighted by molar-refractivity contribution is 4.91. The fraction of sp³-hybridized carbons (Fsp3) is 0.800. The summed E-state index contributed by atoms with van der Waals surface area (Å²) in [6, 6.07) is 0. The lowest BCUT2D eigenvalue weighted by atomic mass is 9.80. The van der Waals surface area contributed by atoms with Crippen LogP contribution in [-0.2, 0) is 0 Å². The Balaban J connectivity index is 2.36. The molecule has 64 valence electrons. The fourth-order valence-corrected chi connectivity index (χ4v) is 1.73. The second-order valence-corrected chi connectivity index (χ2v) is 3.86. The van der Waals surface area contributed by atoms with Crippen LogP contribution in [0, 0.1) is 5.92 Å². The molecule has 0 radical (unpaired) electrons. The molecule has 0 aromatic heterocycles. The SMILES string of the molecule is CC=CC1CCC(C)(O)CC1. The van der Waals surface area contributed by atoms with Crippen molar-refractivity contribution in [1.82, 2.24) is 0 Å². The summed E-state index contributed by atoms with van der Waals surface area (Å²) in [7, 11) is 0.